The molecule has 0 bridgehead atoms. The van der Waals surface area contributed by atoms with Gasteiger partial charge in [-0.2, -0.15) is 0 Å². The largest absolute Gasteiger partial charge is 0.308 e. The summed E-state index contributed by atoms with van der Waals surface area (Å²) in [5, 5.41) is 4.42. The van der Waals surface area contributed by atoms with Crippen molar-refractivity contribution in [2.24, 2.45) is 0 Å². The Morgan fingerprint density at radius 3 is 1.33 bits per heavy atom. The zero-order chi connectivity index (χ0) is 43.5. The zero-order valence-corrected chi connectivity index (χ0v) is 34.2. The Hall–Kier alpha value is -7.84. The zero-order valence-electron chi connectivity index (χ0n) is 34.2. The van der Waals surface area contributed by atoms with Gasteiger partial charge in [0.2, 0.25) is 0 Å². The van der Waals surface area contributed by atoms with Crippen LogP contribution in [-0.2, 0) is 0 Å². The third kappa shape index (κ3) is 6.70. The van der Waals surface area contributed by atoms with E-state index < -0.39 is 0 Å². The molecule has 0 amide bonds. The number of para-hydroxylation sites is 1. The molecule has 0 aliphatic rings. The number of fused-ring (bicyclic) bond motifs is 4. The molecule has 12 heteroatoms. The van der Waals surface area contributed by atoms with Crippen molar-refractivity contribution in [3.8, 4) is 74.0 Å². The van der Waals surface area contributed by atoms with Gasteiger partial charge in [0.25, 0.3) is 0 Å². The molecule has 11 rings (SSSR count). The van der Waals surface area contributed by atoms with E-state index >= 15 is 0 Å². The van der Waals surface area contributed by atoms with Crippen LogP contribution in [0.15, 0.2) is 170 Å². The lowest BCUT2D eigenvalue weighted by atomic mass is 9.60. The number of rotatable bonds is 7. The summed E-state index contributed by atoms with van der Waals surface area (Å²) in [6.45, 7) is 0. The van der Waals surface area contributed by atoms with Crippen LogP contribution in [-0.4, -0.2) is 73.7 Å². The molecule has 0 saturated heterocycles. The summed E-state index contributed by atoms with van der Waals surface area (Å²) < 4.78 is 2.25. The maximum Gasteiger partial charge on any atom is 0.166 e. The maximum atomic E-state index is 6.70. The van der Waals surface area contributed by atoms with Gasteiger partial charge in [0.1, 0.15) is 39.2 Å². The molecule has 7 nitrogen and oxygen atoms in total. The highest BCUT2D eigenvalue weighted by Crippen LogP contribution is 2.39. The van der Waals surface area contributed by atoms with Gasteiger partial charge < -0.3 is 4.57 Å². The second-order valence-electron chi connectivity index (χ2n) is 15.5. The highest BCUT2D eigenvalue weighted by Gasteiger charge is 2.23. The van der Waals surface area contributed by atoms with Crippen molar-refractivity contribution in [2.75, 3.05) is 0 Å². The highest BCUT2D eigenvalue weighted by molar-refractivity contribution is 6.68. The monoisotopic (exact) mass is 805 g/mol. The second-order valence-corrected chi connectivity index (χ2v) is 15.5. The normalized spacial score (nSPS) is 11.4. The third-order valence-corrected chi connectivity index (χ3v) is 11.6. The molecule has 10 radical (unpaired) electrons. The molecule has 0 unspecified atom stereocenters. The Morgan fingerprint density at radius 2 is 0.750 bits per heavy atom. The lowest BCUT2D eigenvalue weighted by Gasteiger charge is -2.21. The molecule has 286 valence electrons. The smallest absolute Gasteiger partial charge is 0.166 e. The van der Waals surface area contributed by atoms with E-state index in [1.807, 2.05) is 109 Å². The van der Waals surface area contributed by atoms with Crippen LogP contribution >= 0.6 is 0 Å². The van der Waals surface area contributed by atoms with Gasteiger partial charge in [0.05, 0.1) is 16.7 Å². The van der Waals surface area contributed by atoms with Crippen molar-refractivity contribution in [1.29, 1.82) is 0 Å². The summed E-state index contributed by atoms with van der Waals surface area (Å²) in [5.74, 6) is 2.38. The lowest BCUT2D eigenvalue weighted by Crippen LogP contribution is -2.55. The van der Waals surface area contributed by atoms with Crippen molar-refractivity contribution < 1.29 is 0 Å². The summed E-state index contributed by atoms with van der Waals surface area (Å²) in [7, 11) is 32.5. The lowest BCUT2D eigenvalue weighted by molar-refractivity contribution is 1.06. The van der Waals surface area contributed by atoms with E-state index in [9.17, 15) is 0 Å². The number of hydrogen-bond donors (Lipinski definition) is 0. The first-order chi connectivity index (χ1) is 31.3. The average Bonchev–Trinajstić information content (AvgIpc) is 3.67. The van der Waals surface area contributed by atoms with Crippen LogP contribution in [0.4, 0.5) is 0 Å². The van der Waals surface area contributed by atoms with Gasteiger partial charge in [-0.25, -0.2) is 29.9 Å². The maximum absolute atomic E-state index is 6.70. The molecule has 0 fully saturated rings. The van der Waals surface area contributed by atoms with Crippen LogP contribution in [0.1, 0.15) is 0 Å². The fourth-order valence-corrected chi connectivity index (χ4v) is 8.32. The van der Waals surface area contributed by atoms with Gasteiger partial charge in [-0.15, -0.1) is 16.4 Å². The molecule has 0 aliphatic heterocycles. The molecule has 0 atom stereocenters. The van der Waals surface area contributed by atoms with Crippen molar-refractivity contribution in [3.05, 3.63) is 170 Å². The van der Waals surface area contributed by atoms with Gasteiger partial charge in [-0.1, -0.05) is 144 Å². The first kappa shape index (κ1) is 39.0. The summed E-state index contributed by atoms with van der Waals surface area (Å²) in [6, 6.07) is 56.7. The molecule has 0 saturated carbocycles. The van der Waals surface area contributed by atoms with E-state index in [0.29, 0.717) is 40.2 Å². The Kier molecular flexibility index (Phi) is 9.65. The Balaban J connectivity index is 1.24. The summed E-state index contributed by atoms with van der Waals surface area (Å²) in [6.07, 6.45) is 0. The van der Waals surface area contributed by atoms with Gasteiger partial charge in [-0.3, -0.25) is 0 Å². The summed E-state index contributed by atoms with van der Waals surface area (Å²) in [5.41, 5.74) is 7.29. The number of aromatic nitrogens is 7. The van der Waals surface area contributed by atoms with E-state index in [-0.39, 0.29) is 38.7 Å². The minimum atomic E-state index is 0.0865. The predicted octanol–water partition coefficient (Wildman–Crippen LogP) is 6.28. The van der Waals surface area contributed by atoms with Crippen LogP contribution < -0.4 is 27.3 Å². The molecular weight excluding hydrogens is 777 g/mol. The van der Waals surface area contributed by atoms with Gasteiger partial charge in [-0.05, 0) is 47.2 Å². The van der Waals surface area contributed by atoms with Crippen molar-refractivity contribution in [1.82, 2.24) is 34.5 Å². The molecule has 3 heterocycles. The van der Waals surface area contributed by atoms with Crippen molar-refractivity contribution in [3.63, 3.8) is 0 Å². The minimum absolute atomic E-state index is 0.0865. The van der Waals surface area contributed by atoms with Gasteiger partial charge in [0, 0.05) is 44.2 Å². The van der Waals surface area contributed by atoms with Crippen LogP contribution in [0.5, 0.6) is 0 Å². The van der Waals surface area contributed by atoms with E-state index in [4.69, 9.17) is 69.1 Å². The number of benzene rings is 8. The second kappa shape index (κ2) is 15.8. The highest BCUT2D eigenvalue weighted by atomic mass is 15.1. The Morgan fingerprint density at radius 1 is 0.312 bits per heavy atom. The van der Waals surface area contributed by atoms with Crippen LogP contribution in [0.3, 0.4) is 0 Å². The SMILES string of the molecule is [B]c1c([B])c([B])c(-c2nc(-c3ccccc3)nc(-c3cc(-c4nc(-c5ccccc5)nc(-c5ccccc5)n4)ccc3-n3c4ccccc4c4cc5ccccc5cc43)n2)c([B])c1[B]. The Bertz CT molecular complexity index is 3530. The quantitative estimate of drug-likeness (QED) is 0.177. The summed E-state index contributed by atoms with van der Waals surface area (Å²) in [4.78, 5) is 30.5. The van der Waals surface area contributed by atoms with Crippen LogP contribution in [0.25, 0.3) is 107 Å². The fourth-order valence-electron chi connectivity index (χ4n) is 8.32. The Labute approximate surface area is 375 Å². The fraction of sp³-hybridized carbons (Fsp3) is 0. The average molecular weight is 805 g/mol. The van der Waals surface area contributed by atoms with Gasteiger partial charge >= 0.3 is 0 Å². The van der Waals surface area contributed by atoms with Crippen molar-refractivity contribution >= 4 is 99.1 Å². The molecule has 3 aromatic heterocycles. The standard InChI is InChI=1S/C52H28B5N7/c53-42-41(43(54)45(56)46(57)44(42)55)52-62-49(31-18-8-3-9-19-31)61-51(63-52)37-27-34(50-59-47(29-14-4-1-5-15-29)58-48(60-50)30-16-6-2-7-17-30)24-25-39(37)64-38-23-13-12-22-35(38)36-26-32-20-10-11-21-33(32)28-40(36)64/h1-28H. The van der Waals surface area contributed by atoms with E-state index in [1.165, 1.54) is 0 Å². The first-order valence-electron chi connectivity index (χ1n) is 20.6. The van der Waals surface area contributed by atoms with E-state index in [2.05, 4.69) is 65.2 Å². The molecule has 11 aromatic rings. The molecule has 0 aliphatic carbocycles. The predicted molar refractivity (Wildman–Crippen MR) is 265 cm³/mol. The van der Waals surface area contributed by atoms with E-state index in [0.717, 1.165) is 55.0 Å². The third-order valence-electron chi connectivity index (χ3n) is 11.6. The minimum Gasteiger partial charge on any atom is -0.308 e. The molecular formula is C52H28B5N7. The first-order valence-corrected chi connectivity index (χ1v) is 20.6. The van der Waals surface area contributed by atoms with E-state index in [1.54, 1.807) is 0 Å². The van der Waals surface area contributed by atoms with Crippen molar-refractivity contribution in [2.45, 2.75) is 0 Å². The topological polar surface area (TPSA) is 82.3 Å². The molecule has 8 aromatic carbocycles. The number of nitrogens with zero attached hydrogens (tertiary/aromatic N) is 7. The molecule has 0 N–H and O–H groups in total. The number of hydrogen-bond acceptors (Lipinski definition) is 6. The van der Waals surface area contributed by atoms with Crippen LogP contribution in [0.2, 0.25) is 0 Å². The van der Waals surface area contributed by atoms with Gasteiger partial charge in [0.15, 0.2) is 34.9 Å². The molecule has 0 spiro atoms. The van der Waals surface area contributed by atoms with Crippen LogP contribution in [0, 0.1) is 0 Å². The summed E-state index contributed by atoms with van der Waals surface area (Å²) >= 11 is 0. The molecule has 64 heavy (non-hydrogen) atoms.